The Labute approximate surface area is 210 Å². The van der Waals surface area contributed by atoms with Gasteiger partial charge in [0.25, 0.3) is 0 Å². The van der Waals surface area contributed by atoms with Gasteiger partial charge in [-0.15, -0.1) is 0 Å². The summed E-state index contributed by atoms with van der Waals surface area (Å²) >= 11 is 0. The number of alkyl halides is 3. The number of nitrogens with zero attached hydrogens (tertiary/aromatic N) is 2. The third kappa shape index (κ3) is 4.66. The average molecular weight is 512 g/mol. The lowest BCUT2D eigenvalue weighted by atomic mass is 9.98. The van der Waals surface area contributed by atoms with Crippen LogP contribution in [0.1, 0.15) is 34.9 Å². The Morgan fingerprint density at radius 2 is 2.03 bits per heavy atom. The van der Waals surface area contributed by atoms with Crippen LogP contribution in [0.15, 0.2) is 54.6 Å². The molecule has 4 aromatic rings. The van der Waals surface area contributed by atoms with E-state index in [9.17, 15) is 18.0 Å². The molecular formula is C27H24F3N3O4. The zero-order chi connectivity index (χ0) is 26.3. The van der Waals surface area contributed by atoms with Gasteiger partial charge in [0, 0.05) is 35.8 Å². The van der Waals surface area contributed by atoms with Crippen molar-refractivity contribution in [3.63, 3.8) is 0 Å². The predicted octanol–water partition coefficient (Wildman–Crippen LogP) is 5.92. The number of hydrogen-bond acceptors (Lipinski definition) is 5. The van der Waals surface area contributed by atoms with E-state index in [-0.39, 0.29) is 17.9 Å². The van der Waals surface area contributed by atoms with Gasteiger partial charge in [0.15, 0.2) is 0 Å². The molecule has 0 saturated heterocycles. The number of benzene rings is 3. The Hall–Kier alpha value is -4.21. The molecule has 1 aliphatic heterocycles. The standard InChI is InChI=1S/C27H24F3N3O4/c1-15-16(13-31-18-6-8-20-17(10-25(34)35)14-37-24(20)11-18)4-3-5-22(15)33-23-9-7-19(36-2)12-21(23)32-26(33)27(28,29)30/h3-9,11-12,17,31H,10,13-14H2,1-2H3,(H,34,35)/t17-/m1/s1. The van der Waals surface area contributed by atoms with Crippen molar-refractivity contribution in [3.8, 4) is 17.2 Å². The van der Waals surface area contributed by atoms with Crippen molar-refractivity contribution in [2.75, 3.05) is 19.0 Å². The summed E-state index contributed by atoms with van der Waals surface area (Å²) in [5, 5.41) is 12.4. The first-order valence-electron chi connectivity index (χ1n) is 11.6. The highest BCUT2D eigenvalue weighted by atomic mass is 19.4. The lowest BCUT2D eigenvalue weighted by Gasteiger charge is -2.17. The zero-order valence-electron chi connectivity index (χ0n) is 20.1. The second-order valence-electron chi connectivity index (χ2n) is 8.90. The summed E-state index contributed by atoms with van der Waals surface area (Å²) in [6, 6.07) is 15.4. The first-order valence-corrected chi connectivity index (χ1v) is 11.6. The third-order valence-electron chi connectivity index (χ3n) is 6.57. The van der Waals surface area contributed by atoms with Crippen LogP contribution in [0.3, 0.4) is 0 Å². The van der Waals surface area contributed by atoms with E-state index in [0.29, 0.717) is 41.4 Å². The second kappa shape index (κ2) is 9.34. The quantitative estimate of drug-likeness (QED) is 0.320. The largest absolute Gasteiger partial charge is 0.497 e. The van der Waals surface area contributed by atoms with Crippen molar-refractivity contribution in [3.05, 3.63) is 77.1 Å². The van der Waals surface area contributed by atoms with Crippen LogP contribution in [0.2, 0.25) is 0 Å². The molecule has 1 aliphatic rings. The van der Waals surface area contributed by atoms with Crippen molar-refractivity contribution in [2.24, 2.45) is 0 Å². The van der Waals surface area contributed by atoms with Gasteiger partial charge in [0.05, 0.1) is 36.9 Å². The minimum absolute atomic E-state index is 0.00138. The van der Waals surface area contributed by atoms with E-state index in [1.54, 1.807) is 31.2 Å². The van der Waals surface area contributed by atoms with E-state index in [1.165, 1.54) is 13.2 Å². The number of fused-ring (bicyclic) bond motifs is 2. The zero-order valence-corrected chi connectivity index (χ0v) is 20.1. The highest BCUT2D eigenvalue weighted by Gasteiger charge is 2.38. The minimum Gasteiger partial charge on any atom is -0.497 e. The fourth-order valence-corrected chi connectivity index (χ4v) is 4.69. The molecule has 10 heteroatoms. The molecule has 2 heterocycles. The van der Waals surface area contributed by atoms with Crippen molar-refractivity contribution < 1.29 is 32.5 Å². The molecular weight excluding hydrogens is 487 g/mol. The van der Waals surface area contributed by atoms with Crippen LogP contribution in [0.25, 0.3) is 16.7 Å². The smallest absolute Gasteiger partial charge is 0.450 e. The maximum Gasteiger partial charge on any atom is 0.450 e. The van der Waals surface area contributed by atoms with E-state index in [2.05, 4.69) is 10.3 Å². The SMILES string of the molecule is COc1ccc2c(c1)nc(C(F)(F)F)n2-c1cccc(CNc2ccc3c(c2)OC[C@H]3CC(=O)O)c1C. The van der Waals surface area contributed by atoms with Crippen molar-refractivity contribution in [1.29, 1.82) is 0 Å². The fraction of sp³-hybridized carbons (Fsp3) is 0.259. The second-order valence-corrected chi connectivity index (χ2v) is 8.90. The number of imidazole rings is 1. The lowest BCUT2D eigenvalue weighted by Crippen LogP contribution is -2.15. The number of rotatable bonds is 7. The Morgan fingerprint density at radius 3 is 2.76 bits per heavy atom. The van der Waals surface area contributed by atoms with Crippen LogP contribution < -0.4 is 14.8 Å². The molecule has 192 valence electrons. The normalized spacial score (nSPS) is 14.9. The van der Waals surface area contributed by atoms with Gasteiger partial charge in [0.1, 0.15) is 11.5 Å². The number of aromatic nitrogens is 2. The maximum absolute atomic E-state index is 14.0. The molecule has 5 rings (SSSR count). The Kier molecular flexibility index (Phi) is 6.18. The number of anilines is 1. The number of ether oxygens (including phenoxy) is 2. The van der Waals surface area contributed by atoms with Crippen LogP contribution in [-0.4, -0.2) is 34.3 Å². The van der Waals surface area contributed by atoms with Gasteiger partial charge >= 0.3 is 12.1 Å². The topological polar surface area (TPSA) is 85.6 Å². The highest BCUT2D eigenvalue weighted by molar-refractivity contribution is 5.80. The molecule has 0 spiro atoms. The van der Waals surface area contributed by atoms with Gasteiger partial charge in [-0.25, -0.2) is 4.98 Å². The molecule has 0 unspecified atom stereocenters. The molecule has 0 amide bonds. The number of aliphatic carboxylic acids is 1. The predicted molar refractivity (Wildman–Crippen MR) is 132 cm³/mol. The molecule has 7 nitrogen and oxygen atoms in total. The van der Waals surface area contributed by atoms with E-state index in [4.69, 9.17) is 14.6 Å². The average Bonchev–Trinajstić information content (AvgIpc) is 3.43. The van der Waals surface area contributed by atoms with Gasteiger partial charge in [-0.2, -0.15) is 13.2 Å². The molecule has 0 aliphatic carbocycles. The molecule has 37 heavy (non-hydrogen) atoms. The summed E-state index contributed by atoms with van der Waals surface area (Å²) < 4.78 is 53.9. The van der Waals surface area contributed by atoms with E-state index >= 15 is 0 Å². The van der Waals surface area contributed by atoms with Gasteiger partial charge in [-0.3, -0.25) is 9.36 Å². The number of nitrogens with one attached hydrogen (secondary N) is 1. The highest BCUT2D eigenvalue weighted by Crippen LogP contribution is 2.38. The fourth-order valence-electron chi connectivity index (χ4n) is 4.69. The lowest BCUT2D eigenvalue weighted by molar-refractivity contribution is -0.145. The Balaban J connectivity index is 1.45. The Morgan fingerprint density at radius 1 is 1.22 bits per heavy atom. The molecule has 1 aromatic heterocycles. The third-order valence-corrected chi connectivity index (χ3v) is 6.57. The van der Waals surface area contributed by atoms with E-state index in [1.807, 2.05) is 24.3 Å². The van der Waals surface area contributed by atoms with E-state index < -0.39 is 18.0 Å². The first kappa shape index (κ1) is 24.5. The van der Waals surface area contributed by atoms with Crippen LogP contribution in [0.5, 0.6) is 11.5 Å². The summed E-state index contributed by atoms with van der Waals surface area (Å²) in [4.78, 5) is 15.0. The number of halogens is 3. The van der Waals surface area contributed by atoms with Crippen LogP contribution in [0.4, 0.5) is 18.9 Å². The summed E-state index contributed by atoms with van der Waals surface area (Å²) in [6.07, 6.45) is -4.66. The molecule has 0 bridgehead atoms. The first-order chi connectivity index (χ1) is 17.7. The van der Waals surface area contributed by atoms with Crippen molar-refractivity contribution in [2.45, 2.75) is 32.0 Å². The van der Waals surface area contributed by atoms with Crippen molar-refractivity contribution in [1.82, 2.24) is 9.55 Å². The van der Waals surface area contributed by atoms with Gasteiger partial charge in [0.2, 0.25) is 5.82 Å². The summed E-state index contributed by atoms with van der Waals surface area (Å²) in [7, 11) is 1.45. The van der Waals surface area contributed by atoms with Crippen LogP contribution >= 0.6 is 0 Å². The molecule has 3 aromatic carbocycles. The maximum atomic E-state index is 14.0. The number of hydrogen-bond donors (Lipinski definition) is 2. The van der Waals surface area contributed by atoms with Gasteiger partial charge in [-0.05, 0) is 42.3 Å². The minimum atomic E-state index is -4.66. The number of carboxylic acids is 1. The molecule has 0 fully saturated rings. The van der Waals surface area contributed by atoms with Crippen LogP contribution in [-0.2, 0) is 17.5 Å². The van der Waals surface area contributed by atoms with Gasteiger partial charge < -0.3 is 19.9 Å². The number of carbonyl (C=O) groups is 1. The molecule has 0 saturated carbocycles. The summed E-state index contributed by atoms with van der Waals surface area (Å²) in [5.74, 6) is -1.01. The molecule has 1 atom stereocenters. The number of methoxy groups -OCH3 is 1. The van der Waals surface area contributed by atoms with E-state index in [0.717, 1.165) is 21.4 Å². The monoisotopic (exact) mass is 511 g/mol. The number of carboxylic acid groups (broad SMARTS) is 1. The van der Waals surface area contributed by atoms with Crippen LogP contribution in [0, 0.1) is 6.92 Å². The van der Waals surface area contributed by atoms with Crippen molar-refractivity contribution >= 4 is 22.7 Å². The Bertz CT molecular complexity index is 1500. The molecule has 0 radical (unpaired) electrons. The summed E-state index contributed by atoms with van der Waals surface area (Å²) in [6.45, 7) is 2.46. The summed E-state index contributed by atoms with van der Waals surface area (Å²) in [5.41, 5.74) is 4.00. The molecule has 2 N–H and O–H groups in total. The van der Waals surface area contributed by atoms with Gasteiger partial charge in [-0.1, -0.05) is 18.2 Å².